The number of carbonyl (C=O) groups excluding carboxylic acids is 1. The van der Waals surface area contributed by atoms with Gasteiger partial charge < -0.3 is 10.0 Å². The van der Waals surface area contributed by atoms with Gasteiger partial charge in [-0.15, -0.1) is 0 Å². The van der Waals surface area contributed by atoms with E-state index in [-0.39, 0.29) is 32.3 Å². The van der Waals surface area contributed by atoms with Gasteiger partial charge in [0.05, 0.1) is 15.1 Å². The van der Waals surface area contributed by atoms with Crippen LogP contribution in [0.5, 0.6) is 5.75 Å². The van der Waals surface area contributed by atoms with Crippen LogP contribution in [0.25, 0.3) is 5.57 Å². The average Bonchev–Trinajstić information content (AvgIpc) is 2.61. The summed E-state index contributed by atoms with van der Waals surface area (Å²) in [5.74, 6) is -0.723. The Hall–Kier alpha value is -1.68. The molecule has 0 saturated heterocycles. The second kappa shape index (κ2) is 7.06. The third kappa shape index (κ3) is 3.25. The van der Waals surface area contributed by atoms with E-state index in [1.54, 1.807) is 4.90 Å². The Labute approximate surface area is 155 Å². The Morgan fingerprint density at radius 3 is 2.42 bits per heavy atom. The second-order valence-electron chi connectivity index (χ2n) is 5.47. The summed E-state index contributed by atoms with van der Waals surface area (Å²) >= 11 is 18.0. The predicted octanol–water partition coefficient (Wildman–Crippen LogP) is 5.28. The summed E-state index contributed by atoms with van der Waals surface area (Å²) in [6.45, 7) is 0.961. The standard InChI is InChI=1S/C18H14Cl3NO2/c19-13-10-14(20)17(23)15(16(13)21)18(24)22-8-6-12(7-9-22)11-4-2-1-3-5-11/h1-6,10,23H,7-9H2. The molecule has 0 unspecified atom stereocenters. The molecule has 0 aliphatic carbocycles. The number of phenolic OH excluding ortho intramolecular Hbond substituents is 1. The summed E-state index contributed by atoms with van der Waals surface area (Å²) in [5.41, 5.74) is 2.29. The molecule has 6 heteroatoms. The third-order valence-electron chi connectivity index (χ3n) is 4.00. The van der Waals surface area contributed by atoms with E-state index in [1.165, 1.54) is 11.6 Å². The van der Waals surface area contributed by atoms with Gasteiger partial charge in [-0.2, -0.15) is 0 Å². The molecule has 0 radical (unpaired) electrons. The lowest BCUT2D eigenvalue weighted by atomic mass is 9.99. The first-order valence-corrected chi connectivity index (χ1v) is 8.52. The molecule has 1 aliphatic heterocycles. The van der Waals surface area contributed by atoms with E-state index < -0.39 is 0 Å². The molecule has 2 aromatic carbocycles. The monoisotopic (exact) mass is 381 g/mol. The summed E-state index contributed by atoms with van der Waals surface area (Å²) in [6.07, 6.45) is 2.73. The molecule has 1 heterocycles. The van der Waals surface area contributed by atoms with Crippen molar-refractivity contribution in [3.8, 4) is 5.75 Å². The molecule has 0 bridgehead atoms. The normalized spacial score (nSPS) is 14.5. The number of benzene rings is 2. The van der Waals surface area contributed by atoms with Gasteiger partial charge in [0.15, 0.2) is 0 Å². The minimum atomic E-state index is -0.384. The van der Waals surface area contributed by atoms with Crippen molar-refractivity contribution in [2.75, 3.05) is 13.1 Å². The molecule has 0 spiro atoms. The van der Waals surface area contributed by atoms with Crippen molar-refractivity contribution in [2.45, 2.75) is 6.42 Å². The van der Waals surface area contributed by atoms with E-state index in [4.69, 9.17) is 34.8 Å². The molecule has 0 aromatic heterocycles. The minimum Gasteiger partial charge on any atom is -0.505 e. The molecule has 0 fully saturated rings. The topological polar surface area (TPSA) is 40.5 Å². The van der Waals surface area contributed by atoms with Gasteiger partial charge in [-0.1, -0.05) is 71.2 Å². The number of phenols is 1. The smallest absolute Gasteiger partial charge is 0.259 e. The van der Waals surface area contributed by atoms with E-state index in [2.05, 4.69) is 0 Å². The van der Waals surface area contributed by atoms with Gasteiger partial charge in [0.2, 0.25) is 0 Å². The van der Waals surface area contributed by atoms with E-state index >= 15 is 0 Å². The Morgan fingerprint density at radius 2 is 1.79 bits per heavy atom. The SMILES string of the molecule is O=C(c1c(O)c(Cl)cc(Cl)c1Cl)N1CC=C(c2ccccc2)CC1. The largest absolute Gasteiger partial charge is 0.505 e. The highest BCUT2D eigenvalue weighted by molar-refractivity contribution is 6.45. The first-order valence-electron chi connectivity index (χ1n) is 7.39. The molecule has 1 amide bonds. The van der Waals surface area contributed by atoms with Crippen molar-refractivity contribution in [2.24, 2.45) is 0 Å². The highest BCUT2D eigenvalue weighted by Gasteiger charge is 2.26. The van der Waals surface area contributed by atoms with Gasteiger partial charge >= 0.3 is 0 Å². The fraction of sp³-hybridized carbons (Fsp3) is 0.167. The number of hydrogen-bond acceptors (Lipinski definition) is 2. The molecule has 0 atom stereocenters. The maximum Gasteiger partial charge on any atom is 0.259 e. The van der Waals surface area contributed by atoms with Crippen LogP contribution in [-0.4, -0.2) is 29.0 Å². The van der Waals surface area contributed by atoms with E-state index in [0.29, 0.717) is 13.1 Å². The van der Waals surface area contributed by atoms with Gasteiger partial charge in [0.1, 0.15) is 11.3 Å². The van der Waals surface area contributed by atoms with Crippen molar-refractivity contribution >= 4 is 46.3 Å². The third-order valence-corrected chi connectivity index (χ3v) is 5.08. The zero-order chi connectivity index (χ0) is 17.3. The Kier molecular flexibility index (Phi) is 5.04. The minimum absolute atomic E-state index is 0.00489. The van der Waals surface area contributed by atoms with Gasteiger partial charge in [-0.3, -0.25) is 4.79 Å². The number of amides is 1. The maximum absolute atomic E-state index is 12.7. The van der Waals surface area contributed by atoms with Crippen LogP contribution in [0.3, 0.4) is 0 Å². The van der Waals surface area contributed by atoms with Crippen molar-refractivity contribution in [3.05, 3.63) is 68.7 Å². The first-order chi connectivity index (χ1) is 11.5. The lowest BCUT2D eigenvalue weighted by Crippen LogP contribution is -2.35. The number of carbonyl (C=O) groups is 1. The molecule has 3 rings (SSSR count). The molecule has 1 aliphatic rings. The molecule has 3 nitrogen and oxygen atoms in total. The fourth-order valence-electron chi connectivity index (χ4n) is 2.71. The molecule has 0 saturated carbocycles. The predicted molar refractivity (Wildman–Crippen MR) is 98.1 cm³/mol. The van der Waals surface area contributed by atoms with Crippen LogP contribution in [-0.2, 0) is 0 Å². The van der Waals surface area contributed by atoms with Crippen LogP contribution in [0.2, 0.25) is 15.1 Å². The molecule has 1 N–H and O–H groups in total. The average molecular weight is 383 g/mol. The number of nitrogens with zero attached hydrogens (tertiary/aromatic N) is 1. The van der Waals surface area contributed by atoms with Crippen LogP contribution in [0.4, 0.5) is 0 Å². The fourth-order valence-corrected chi connectivity index (χ4v) is 3.40. The van der Waals surface area contributed by atoms with Crippen molar-refractivity contribution < 1.29 is 9.90 Å². The first kappa shape index (κ1) is 17.2. The van der Waals surface area contributed by atoms with Crippen LogP contribution in [0.15, 0.2) is 42.5 Å². The van der Waals surface area contributed by atoms with Crippen molar-refractivity contribution in [1.29, 1.82) is 0 Å². The lowest BCUT2D eigenvalue weighted by molar-refractivity contribution is 0.0770. The van der Waals surface area contributed by atoms with Crippen LogP contribution in [0, 0.1) is 0 Å². The molecule has 24 heavy (non-hydrogen) atoms. The van der Waals surface area contributed by atoms with Gasteiger partial charge in [-0.05, 0) is 23.6 Å². The number of rotatable bonds is 2. The maximum atomic E-state index is 12.7. The molecule has 2 aromatic rings. The number of aromatic hydroxyl groups is 1. The zero-order valence-corrected chi connectivity index (χ0v) is 14.9. The number of halogens is 3. The van der Waals surface area contributed by atoms with Crippen LogP contribution < -0.4 is 0 Å². The zero-order valence-electron chi connectivity index (χ0n) is 12.6. The summed E-state index contributed by atoms with van der Waals surface area (Å²) in [4.78, 5) is 14.3. The Morgan fingerprint density at radius 1 is 1.08 bits per heavy atom. The highest BCUT2D eigenvalue weighted by Crippen LogP contribution is 2.39. The quantitative estimate of drug-likeness (QED) is 0.718. The van der Waals surface area contributed by atoms with E-state index in [1.807, 2.05) is 36.4 Å². The van der Waals surface area contributed by atoms with Crippen LogP contribution >= 0.6 is 34.8 Å². The highest BCUT2D eigenvalue weighted by atomic mass is 35.5. The van der Waals surface area contributed by atoms with Gasteiger partial charge in [0, 0.05) is 13.1 Å². The lowest BCUT2D eigenvalue weighted by Gasteiger charge is -2.27. The molecule has 124 valence electrons. The number of hydrogen-bond donors (Lipinski definition) is 1. The summed E-state index contributed by atoms with van der Waals surface area (Å²) in [7, 11) is 0. The van der Waals surface area contributed by atoms with Gasteiger partial charge in [-0.25, -0.2) is 0 Å². The van der Waals surface area contributed by atoms with Gasteiger partial charge in [0.25, 0.3) is 5.91 Å². The van der Waals surface area contributed by atoms with E-state index in [9.17, 15) is 9.90 Å². The van der Waals surface area contributed by atoms with Crippen molar-refractivity contribution in [3.63, 3.8) is 0 Å². The van der Waals surface area contributed by atoms with Crippen LogP contribution in [0.1, 0.15) is 22.3 Å². The van der Waals surface area contributed by atoms with Crippen molar-refractivity contribution in [1.82, 2.24) is 4.90 Å². The Balaban J connectivity index is 1.85. The molecular weight excluding hydrogens is 369 g/mol. The molecular formula is C18H14Cl3NO2. The summed E-state index contributed by atoms with van der Waals surface area (Å²) < 4.78 is 0. The summed E-state index contributed by atoms with van der Waals surface area (Å²) in [6, 6.07) is 11.3. The van der Waals surface area contributed by atoms with E-state index in [0.717, 1.165) is 12.0 Å². The summed E-state index contributed by atoms with van der Waals surface area (Å²) in [5, 5.41) is 10.3. The Bertz CT molecular complexity index is 793. The second-order valence-corrected chi connectivity index (χ2v) is 6.67.